The number of carbonyl (C=O) groups excluding carboxylic acids is 1. The van der Waals surface area contributed by atoms with E-state index in [9.17, 15) is 9.36 Å². The Bertz CT molecular complexity index is 461. The molecule has 0 saturated carbocycles. The number of rotatable bonds is 6. The first-order chi connectivity index (χ1) is 8.80. The lowest BCUT2D eigenvalue weighted by atomic mass is 10.4. The summed E-state index contributed by atoms with van der Waals surface area (Å²) < 4.78 is 22.6. The normalized spacial score (nSPS) is 15.2. The van der Waals surface area contributed by atoms with Crippen LogP contribution in [0.1, 0.15) is 20.8 Å². The van der Waals surface area contributed by atoms with Crippen molar-refractivity contribution in [2.45, 2.75) is 32.9 Å². The SMILES string of the molecule is CC(C)OC(=O)C(C)NP(C)(=O)Oc1cc#ccc1. The van der Waals surface area contributed by atoms with Crippen molar-refractivity contribution in [1.29, 1.82) is 0 Å². The molecule has 0 heterocycles. The highest BCUT2D eigenvalue weighted by molar-refractivity contribution is 7.56. The van der Waals surface area contributed by atoms with E-state index in [1.165, 1.54) is 12.7 Å². The van der Waals surface area contributed by atoms with E-state index in [4.69, 9.17) is 9.26 Å². The van der Waals surface area contributed by atoms with Crippen LogP contribution in [-0.4, -0.2) is 24.8 Å². The maximum atomic E-state index is 12.2. The summed E-state index contributed by atoms with van der Waals surface area (Å²) in [7, 11) is -3.15. The number of hydrogen-bond acceptors (Lipinski definition) is 4. The minimum Gasteiger partial charge on any atom is -0.462 e. The molecule has 0 amide bonds. The Kier molecular flexibility index (Phi) is 5.41. The second-order valence-electron chi connectivity index (χ2n) is 4.44. The Morgan fingerprint density at radius 3 is 2.58 bits per heavy atom. The van der Waals surface area contributed by atoms with Crippen LogP contribution in [0.4, 0.5) is 0 Å². The Labute approximate surface area is 113 Å². The minimum atomic E-state index is -3.15. The summed E-state index contributed by atoms with van der Waals surface area (Å²) in [5.41, 5.74) is 0. The van der Waals surface area contributed by atoms with Gasteiger partial charge < -0.3 is 9.26 Å². The van der Waals surface area contributed by atoms with Gasteiger partial charge in [0.2, 0.25) is 0 Å². The summed E-state index contributed by atoms with van der Waals surface area (Å²) in [6.45, 7) is 6.49. The third-order valence-corrected chi connectivity index (χ3v) is 3.46. The Morgan fingerprint density at radius 1 is 1.37 bits per heavy atom. The number of hydrogen-bond donors (Lipinski definition) is 1. The van der Waals surface area contributed by atoms with Crippen LogP contribution in [0.2, 0.25) is 0 Å². The molecule has 0 aromatic heterocycles. The third kappa shape index (κ3) is 5.78. The topological polar surface area (TPSA) is 64.6 Å². The van der Waals surface area contributed by atoms with Gasteiger partial charge in [0.25, 0.3) is 0 Å². The monoisotopic (exact) mass is 283 g/mol. The predicted molar refractivity (Wildman–Crippen MR) is 72.1 cm³/mol. The molecule has 0 saturated heterocycles. The molecule has 2 atom stereocenters. The van der Waals surface area contributed by atoms with E-state index in [2.05, 4.69) is 17.2 Å². The van der Waals surface area contributed by atoms with Gasteiger partial charge >= 0.3 is 13.5 Å². The molecule has 0 spiro atoms. The lowest BCUT2D eigenvalue weighted by molar-refractivity contribution is -0.149. The molecular formula is C13H18NO4P. The lowest BCUT2D eigenvalue weighted by Crippen LogP contribution is -2.35. The number of ether oxygens (including phenoxy) is 1. The molecule has 0 fully saturated rings. The molecule has 0 radical (unpaired) electrons. The van der Waals surface area contributed by atoms with E-state index in [1.807, 2.05) is 0 Å². The minimum absolute atomic E-state index is 0.215. The summed E-state index contributed by atoms with van der Waals surface area (Å²) in [6.07, 6.45) is -0.215. The number of nitrogens with one attached hydrogen (secondary N) is 1. The molecule has 19 heavy (non-hydrogen) atoms. The van der Waals surface area contributed by atoms with Crippen molar-refractivity contribution >= 4 is 13.5 Å². The van der Waals surface area contributed by atoms with Gasteiger partial charge in [-0.1, -0.05) is 12.1 Å². The molecule has 1 aromatic rings. The quantitative estimate of drug-likeness (QED) is 0.641. The average Bonchev–Trinajstić information content (AvgIpc) is 2.27. The molecular weight excluding hydrogens is 265 g/mol. The zero-order chi connectivity index (χ0) is 14.5. The van der Waals surface area contributed by atoms with Gasteiger partial charge in [0.1, 0.15) is 11.8 Å². The molecule has 1 N–H and O–H groups in total. The van der Waals surface area contributed by atoms with E-state index < -0.39 is 19.5 Å². The Balaban J connectivity index is 2.59. The third-order valence-electron chi connectivity index (χ3n) is 2.04. The highest BCUT2D eigenvalue weighted by Crippen LogP contribution is 2.39. The van der Waals surface area contributed by atoms with Crippen LogP contribution >= 0.6 is 7.52 Å². The van der Waals surface area contributed by atoms with Crippen molar-refractivity contribution < 1.29 is 18.6 Å². The van der Waals surface area contributed by atoms with Crippen molar-refractivity contribution in [2.75, 3.05) is 6.66 Å². The van der Waals surface area contributed by atoms with Gasteiger partial charge in [-0.2, -0.15) is 0 Å². The second kappa shape index (κ2) is 6.60. The standard InChI is InChI=1S/C13H18NO4P/c1-10(2)17-13(15)11(3)14-19(4,16)18-12-8-6-5-7-9-12/h6,8-11H,1-4H3,(H,14,16). The Morgan fingerprint density at radius 2 is 2.05 bits per heavy atom. The molecule has 1 aromatic carbocycles. The largest absolute Gasteiger partial charge is 0.462 e. The summed E-state index contributed by atoms with van der Waals surface area (Å²) in [5.74, 6) is -0.0601. The van der Waals surface area contributed by atoms with E-state index >= 15 is 0 Å². The number of esters is 1. The molecule has 0 aliphatic carbocycles. The fraction of sp³-hybridized carbons (Fsp3) is 0.462. The number of carbonyl (C=O) groups is 1. The highest BCUT2D eigenvalue weighted by atomic mass is 31.2. The zero-order valence-corrected chi connectivity index (χ0v) is 12.4. The fourth-order valence-electron chi connectivity index (χ4n) is 1.36. The van der Waals surface area contributed by atoms with Gasteiger partial charge in [-0.3, -0.25) is 9.36 Å². The van der Waals surface area contributed by atoms with Crippen LogP contribution < -0.4 is 9.61 Å². The van der Waals surface area contributed by atoms with Crippen LogP contribution in [-0.2, 0) is 14.1 Å². The van der Waals surface area contributed by atoms with E-state index in [1.54, 1.807) is 32.9 Å². The zero-order valence-electron chi connectivity index (χ0n) is 11.5. The van der Waals surface area contributed by atoms with E-state index in [0.717, 1.165) is 0 Å². The molecule has 0 aliphatic rings. The van der Waals surface area contributed by atoms with Crippen molar-refractivity contribution in [2.24, 2.45) is 0 Å². The van der Waals surface area contributed by atoms with Gasteiger partial charge in [-0.15, -0.1) is 0 Å². The second-order valence-corrected chi connectivity index (χ2v) is 6.57. The summed E-state index contributed by atoms with van der Waals surface area (Å²) in [5, 5.41) is 2.64. The van der Waals surface area contributed by atoms with Gasteiger partial charge in [-0.25, -0.2) is 5.09 Å². The van der Waals surface area contributed by atoms with Gasteiger partial charge in [0, 0.05) is 12.7 Å². The first kappa shape index (κ1) is 15.6. The maximum absolute atomic E-state index is 12.2. The molecule has 0 bridgehead atoms. The van der Waals surface area contributed by atoms with Crippen LogP contribution in [0.15, 0.2) is 18.2 Å². The first-order valence-corrected chi connectivity index (χ1v) is 8.00. The van der Waals surface area contributed by atoms with Crippen molar-refractivity contribution in [3.8, 4) is 5.75 Å². The average molecular weight is 283 g/mol. The van der Waals surface area contributed by atoms with Crippen molar-refractivity contribution in [1.82, 2.24) is 5.09 Å². The predicted octanol–water partition coefficient (Wildman–Crippen LogP) is 2.42. The van der Waals surface area contributed by atoms with E-state index in [-0.39, 0.29) is 6.10 Å². The Hall–Kier alpha value is -1.50. The van der Waals surface area contributed by atoms with Crippen LogP contribution in [0.25, 0.3) is 0 Å². The first-order valence-electron chi connectivity index (χ1n) is 5.93. The van der Waals surface area contributed by atoms with Gasteiger partial charge in [0.05, 0.1) is 6.10 Å². The summed E-state index contributed by atoms with van der Waals surface area (Å²) in [6, 6.07) is 9.44. The fourth-order valence-corrected chi connectivity index (χ4v) is 2.73. The van der Waals surface area contributed by atoms with Crippen LogP contribution in [0.3, 0.4) is 0 Å². The van der Waals surface area contributed by atoms with Crippen LogP contribution in [0, 0.1) is 12.1 Å². The molecule has 104 valence electrons. The molecule has 0 aliphatic heterocycles. The molecule has 2 unspecified atom stereocenters. The van der Waals surface area contributed by atoms with Crippen LogP contribution in [0.5, 0.6) is 5.75 Å². The van der Waals surface area contributed by atoms with E-state index in [0.29, 0.717) is 5.75 Å². The highest BCUT2D eigenvalue weighted by Gasteiger charge is 2.25. The smallest absolute Gasteiger partial charge is 0.323 e. The summed E-state index contributed by atoms with van der Waals surface area (Å²) >= 11 is 0. The summed E-state index contributed by atoms with van der Waals surface area (Å²) in [4.78, 5) is 11.6. The van der Waals surface area contributed by atoms with Gasteiger partial charge in [0.15, 0.2) is 0 Å². The lowest BCUT2D eigenvalue weighted by Gasteiger charge is -2.20. The molecule has 1 rings (SSSR count). The van der Waals surface area contributed by atoms with Gasteiger partial charge in [-0.05, 0) is 32.9 Å². The maximum Gasteiger partial charge on any atom is 0.323 e. The molecule has 5 nitrogen and oxygen atoms in total. The van der Waals surface area contributed by atoms with Crippen molar-refractivity contribution in [3.63, 3.8) is 0 Å². The van der Waals surface area contributed by atoms with Crippen molar-refractivity contribution in [3.05, 3.63) is 30.3 Å². The molecule has 6 heteroatoms.